The summed E-state index contributed by atoms with van der Waals surface area (Å²) < 4.78 is 1.19. The van der Waals surface area contributed by atoms with Gasteiger partial charge in [-0.15, -0.1) is 0 Å². The first kappa shape index (κ1) is 25.8. The molecule has 23 heavy (non-hydrogen) atoms. The summed E-state index contributed by atoms with van der Waals surface area (Å²) in [4.78, 5) is 0. The van der Waals surface area contributed by atoms with E-state index in [4.69, 9.17) is 0 Å². The molecule has 0 saturated carbocycles. The van der Waals surface area contributed by atoms with Gasteiger partial charge >= 0.3 is 0 Å². The third-order valence-corrected chi connectivity index (χ3v) is 5.15. The number of halogens is 2. The smallest absolute Gasteiger partial charge is 0.129 e. The molecule has 0 atom stereocenters. The monoisotopic (exact) mass is 546 g/mol. The maximum absolute atomic E-state index is 2.42. The van der Waals surface area contributed by atoms with Gasteiger partial charge in [-0.3, -0.25) is 0 Å². The van der Waals surface area contributed by atoms with E-state index in [0.29, 0.717) is 0 Å². The lowest BCUT2D eigenvalue weighted by molar-refractivity contribution is -0.906. The SMILES string of the molecule is CCC(CC)[NH2+]c1ccc(CCC[N+](C)(CC)CC)cc1.[I-].[I-]. The molecular formula is C19H36I2N2. The van der Waals surface area contributed by atoms with Crippen molar-refractivity contribution in [3.63, 3.8) is 0 Å². The highest BCUT2D eigenvalue weighted by Crippen LogP contribution is 2.10. The van der Waals surface area contributed by atoms with Gasteiger partial charge in [0.05, 0.1) is 32.7 Å². The van der Waals surface area contributed by atoms with Gasteiger partial charge < -0.3 is 57.8 Å². The first-order valence-corrected chi connectivity index (χ1v) is 8.84. The average molecular weight is 546 g/mol. The molecular weight excluding hydrogens is 510 g/mol. The third-order valence-electron chi connectivity index (χ3n) is 5.15. The zero-order valence-corrected chi connectivity index (χ0v) is 19.9. The van der Waals surface area contributed by atoms with Crippen LogP contribution in [0.1, 0.15) is 52.5 Å². The Labute approximate surface area is 178 Å². The number of nitrogens with two attached hydrogens (primary N) is 1. The Morgan fingerprint density at radius 3 is 1.87 bits per heavy atom. The molecule has 0 aliphatic rings. The zero-order valence-electron chi connectivity index (χ0n) is 15.6. The molecule has 1 aromatic carbocycles. The maximum Gasteiger partial charge on any atom is 0.129 e. The largest absolute Gasteiger partial charge is 1.00 e. The lowest BCUT2D eigenvalue weighted by Gasteiger charge is -2.32. The Kier molecular flexibility index (Phi) is 15.5. The first-order valence-electron chi connectivity index (χ1n) is 8.84. The van der Waals surface area contributed by atoms with E-state index in [2.05, 4.69) is 64.3 Å². The molecule has 0 aliphatic heterocycles. The predicted molar refractivity (Wildman–Crippen MR) is 92.9 cm³/mol. The van der Waals surface area contributed by atoms with E-state index in [-0.39, 0.29) is 48.0 Å². The van der Waals surface area contributed by atoms with Crippen LogP contribution in [0.25, 0.3) is 0 Å². The minimum Gasteiger partial charge on any atom is -1.00 e. The van der Waals surface area contributed by atoms with E-state index in [9.17, 15) is 0 Å². The van der Waals surface area contributed by atoms with Crippen LogP contribution in [0, 0.1) is 0 Å². The van der Waals surface area contributed by atoms with E-state index in [1.54, 1.807) is 0 Å². The van der Waals surface area contributed by atoms with Crippen LogP contribution >= 0.6 is 0 Å². The van der Waals surface area contributed by atoms with E-state index < -0.39 is 0 Å². The highest BCUT2D eigenvalue weighted by Gasteiger charge is 2.15. The summed E-state index contributed by atoms with van der Waals surface area (Å²) in [5.74, 6) is 0. The fourth-order valence-corrected chi connectivity index (χ4v) is 2.80. The van der Waals surface area contributed by atoms with E-state index >= 15 is 0 Å². The lowest BCUT2D eigenvalue weighted by atomic mass is 10.1. The molecule has 0 bridgehead atoms. The quantitative estimate of drug-likeness (QED) is 0.190. The van der Waals surface area contributed by atoms with Crippen LogP contribution < -0.4 is 53.3 Å². The van der Waals surface area contributed by atoms with Crippen molar-refractivity contribution < 1.29 is 57.8 Å². The van der Waals surface area contributed by atoms with Crippen LogP contribution in [-0.2, 0) is 6.42 Å². The van der Waals surface area contributed by atoms with Crippen LogP contribution in [0.2, 0.25) is 0 Å². The molecule has 0 radical (unpaired) electrons. The molecule has 0 fully saturated rings. The van der Waals surface area contributed by atoms with Gasteiger partial charge in [0.15, 0.2) is 0 Å². The number of rotatable bonds is 10. The van der Waals surface area contributed by atoms with Crippen LogP contribution in [0.4, 0.5) is 5.69 Å². The minimum absolute atomic E-state index is 0. The second-order valence-corrected chi connectivity index (χ2v) is 6.56. The van der Waals surface area contributed by atoms with Gasteiger partial charge in [0.1, 0.15) is 5.69 Å². The van der Waals surface area contributed by atoms with E-state index in [1.807, 2.05) is 0 Å². The van der Waals surface area contributed by atoms with Crippen molar-refractivity contribution in [1.82, 2.24) is 0 Å². The van der Waals surface area contributed by atoms with Crippen LogP contribution in [0.3, 0.4) is 0 Å². The second-order valence-electron chi connectivity index (χ2n) is 6.56. The van der Waals surface area contributed by atoms with Crippen LogP contribution in [0.15, 0.2) is 24.3 Å². The van der Waals surface area contributed by atoms with Gasteiger partial charge in [0, 0.05) is 6.42 Å². The first-order chi connectivity index (χ1) is 10.1. The number of hydrogen-bond donors (Lipinski definition) is 1. The molecule has 4 heteroatoms. The number of quaternary nitrogens is 2. The van der Waals surface area contributed by atoms with Gasteiger partial charge in [0.2, 0.25) is 0 Å². The molecule has 0 aromatic heterocycles. The highest BCUT2D eigenvalue weighted by molar-refractivity contribution is 5.32. The summed E-state index contributed by atoms with van der Waals surface area (Å²) in [6.45, 7) is 12.9. The van der Waals surface area contributed by atoms with Crippen LogP contribution in [0.5, 0.6) is 0 Å². The standard InChI is InChI=1S/C19H35N2.2HI/c1-6-18(7-2)20-19-14-12-17(13-15-19)11-10-16-21(5,8-3)9-4;;/h12-15,18,20H,6-11,16H2,1-5H3;2*1H/q+1;;/p-1. The molecule has 0 unspecified atom stereocenters. The molecule has 0 heterocycles. The Morgan fingerprint density at radius 2 is 1.43 bits per heavy atom. The van der Waals surface area contributed by atoms with Gasteiger partial charge in [-0.25, -0.2) is 0 Å². The zero-order chi connectivity index (χ0) is 15.7. The van der Waals surface area contributed by atoms with Crippen molar-refractivity contribution >= 4 is 5.69 Å². The summed E-state index contributed by atoms with van der Waals surface area (Å²) in [6.07, 6.45) is 4.97. The number of nitrogens with zero attached hydrogens (tertiary/aromatic N) is 1. The van der Waals surface area contributed by atoms with Crippen molar-refractivity contribution in [3.8, 4) is 0 Å². The highest BCUT2D eigenvalue weighted by atomic mass is 127. The molecule has 0 spiro atoms. The molecule has 1 rings (SSSR count). The Hall–Kier alpha value is 0.600. The fraction of sp³-hybridized carbons (Fsp3) is 0.684. The summed E-state index contributed by atoms with van der Waals surface area (Å²) >= 11 is 0. The Bertz CT molecular complexity index is 385. The summed E-state index contributed by atoms with van der Waals surface area (Å²) in [5.41, 5.74) is 2.87. The topological polar surface area (TPSA) is 16.6 Å². The second kappa shape index (κ2) is 13.8. The molecule has 0 amide bonds. The van der Waals surface area contributed by atoms with Gasteiger partial charge in [-0.05, 0) is 50.8 Å². The van der Waals surface area contributed by atoms with Gasteiger partial charge in [-0.2, -0.15) is 0 Å². The summed E-state index contributed by atoms with van der Waals surface area (Å²) in [6, 6.07) is 9.94. The maximum atomic E-state index is 2.42. The summed E-state index contributed by atoms with van der Waals surface area (Å²) in [5, 5.41) is 2.42. The third kappa shape index (κ3) is 9.60. The molecule has 2 N–H and O–H groups in total. The van der Waals surface area contributed by atoms with Crippen molar-refractivity contribution in [2.75, 3.05) is 26.7 Å². The molecule has 0 aliphatic carbocycles. The molecule has 2 nitrogen and oxygen atoms in total. The molecule has 136 valence electrons. The van der Waals surface area contributed by atoms with Crippen molar-refractivity contribution in [2.24, 2.45) is 0 Å². The minimum atomic E-state index is 0. The normalized spacial score (nSPS) is 11.0. The van der Waals surface area contributed by atoms with Crippen LogP contribution in [-0.4, -0.2) is 37.2 Å². The van der Waals surface area contributed by atoms with Crippen molar-refractivity contribution in [2.45, 2.75) is 59.4 Å². The fourth-order valence-electron chi connectivity index (χ4n) is 2.80. The predicted octanol–water partition coefficient (Wildman–Crippen LogP) is -2.50. The Morgan fingerprint density at radius 1 is 0.913 bits per heavy atom. The van der Waals surface area contributed by atoms with Crippen molar-refractivity contribution in [3.05, 3.63) is 29.8 Å². The van der Waals surface area contributed by atoms with Crippen molar-refractivity contribution in [1.29, 1.82) is 0 Å². The van der Waals surface area contributed by atoms with Gasteiger partial charge in [0.25, 0.3) is 0 Å². The van der Waals surface area contributed by atoms with E-state index in [0.717, 1.165) is 6.04 Å². The number of aryl methyl sites for hydroxylation is 1. The lowest BCUT2D eigenvalue weighted by Crippen LogP contribution is -3.00. The van der Waals surface area contributed by atoms with Gasteiger partial charge in [-0.1, -0.05) is 26.0 Å². The van der Waals surface area contributed by atoms with E-state index in [1.165, 1.54) is 61.1 Å². The molecule has 0 saturated heterocycles. The number of hydrogen-bond acceptors (Lipinski definition) is 0. The number of benzene rings is 1. The average Bonchev–Trinajstić information content (AvgIpc) is 2.53. The molecule has 1 aromatic rings. The summed E-state index contributed by atoms with van der Waals surface area (Å²) in [7, 11) is 2.37. The Balaban J connectivity index is 0.